The van der Waals surface area contributed by atoms with E-state index >= 15 is 0 Å². The van der Waals surface area contributed by atoms with Gasteiger partial charge in [0.1, 0.15) is 0 Å². The molecule has 3 nitrogen and oxygen atoms in total. The highest BCUT2D eigenvalue weighted by Crippen LogP contribution is 2.21. The third-order valence-corrected chi connectivity index (χ3v) is 3.30. The van der Waals surface area contributed by atoms with Gasteiger partial charge in [-0.3, -0.25) is 10.2 Å². The summed E-state index contributed by atoms with van der Waals surface area (Å²) in [6.45, 7) is 0. The molecule has 4 heteroatoms. The second-order valence-corrected chi connectivity index (χ2v) is 4.88. The van der Waals surface area contributed by atoms with Gasteiger partial charge in [0.2, 0.25) is 6.41 Å². The van der Waals surface area contributed by atoms with Crippen molar-refractivity contribution in [3.05, 3.63) is 60.2 Å². The van der Waals surface area contributed by atoms with Gasteiger partial charge in [-0.1, -0.05) is 36.4 Å². The van der Waals surface area contributed by atoms with Gasteiger partial charge in [0.25, 0.3) is 0 Å². The second-order valence-electron chi connectivity index (χ2n) is 4.01. The molecule has 0 unspecified atom stereocenters. The van der Waals surface area contributed by atoms with E-state index in [4.69, 9.17) is 0 Å². The van der Waals surface area contributed by atoms with E-state index in [0.717, 1.165) is 23.5 Å². The van der Waals surface area contributed by atoms with Crippen molar-refractivity contribution in [1.29, 1.82) is 0 Å². The molecule has 0 heterocycles. The Hall–Kier alpha value is -1.94. The molecule has 0 radical (unpaired) electrons. The van der Waals surface area contributed by atoms with Crippen molar-refractivity contribution in [2.24, 2.45) is 0 Å². The highest BCUT2D eigenvalue weighted by molar-refractivity contribution is 7.97. The van der Waals surface area contributed by atoms with E-state index in [1.807, 2.05) is 48.5 Å². The minimum atomic E-state index is 0.783. The van der Waals surface area contributed by atoms with Crippen LogP contribution in [0.1, 0.15) is 5.56 Å². The van der Waals surface area contributed by atoms with E-state index in [1.54, 1.807) is 11.8 Å². The van der Waals surface area contributed by atoms with Crippen molar-refractivity contribution >= 4 is 29.5 Å². The molecule has 98 valence electrons. The van der Waals surface area contributed by atoms with Gasteiger partial charge >= 0.3 is 0 Å². The molecule has 2 aromatic rings. The molecule has 0 saturated carbocycles. The van der Waals surface area contributed by atoms with Crippen LogP contribution in [0.25, 0.3) is 0 Å². The molecule has 0 bridgehead atoms. The SMILES string of the molecule is CSCc1ccccc1NN(C=O)c1ccccc1. The number of anilines is 2. The highest BCUT2D eigenvalue weighted by Gasteiger charge is 2.07. The van der Waals surface area contributed by atoms with E-state index in [0.29, 0.717) is 0 Å². The van der Waals surface area contributed by atoms with Gasteiger partial charge in [-0.2, -0.15) is 11.8 Å². The van der Waals surface area contributed by atoms with Crippen LogP contribution in [0.15, 0.2) is 54.6 Å². The Labute approximate surface area is 117 Å². The number of carbonyl (C=O) groups is 1. The Bertz CT molecular complexity index is 531. The van der Waals surface area contributed by atoms with Crippen molar-refractivity contribution in [2.45, 2.75) is 5.75 Å². The number of hydrogen-bond donors (Lipinski definition) is 1. The molecule has 0 aliphatic carbocycles. The molecule has 0 aliphatic rings. The molecule has 1 amide bonds. The molecule has 1 N–H and O–H groups in total. The fraction of sp³-hybridized carbons (Fsp3) is 0.133. The summed E-state index contributed by atoms with van der Waals surface area (Å²) >= 11 is 1.75. The molecular weight excluding hydrogens is 256 g/mol. The lowest BCUT2D eigenvalue weighted by atomic mass is 10.2. The average molecular weight is 272 g/mol. The summed E-state index contributed by atoms with van der Waals surface area (Å²) in [5.41, 5.74) is 6.10. The minimum absolute atomic E-state index is 0.783. The fourth-order valence-electron chi connectivity index (χ4n) is 1.78. The van der Waals surface area contributed by atoms with Gasteiger partial charge in [0, 0.05) is 5.75 Å². The van der Waals surface area contributed by atoms with E-state index in [1.165, 1.54) is 10.6 Å². The Kier molecular flexibility index (Phi) is 4.86. The predicted molar refractivity (Wildman–Crippen MR) is 82.3 cm³/mol. The number of hydrogen-bond acceptors (Lipinski definition) is 3. The standard InChI is InChI=1S/C15H16N2OS/c1-19-11-13-7-5-6-10-15(13)16-17(12-18)14-8-3-2-4-9-14/h2-10,12,16H,11H2,1H3. The van der Waals surface area contributed by atoms with Crippen molar-refractivity contribution < 1.29 is 4.79 Å². The van der Waals surface area contributed by atoms with Gasteiger partial charge in [-0.15, -0.1) is 0 Å². The molecule has 2 rings (SSSR count). The highest BCUT2D eigenvalue weighted by atomic mass is 32.2. The monoisotopic (exact) mass is 272 g/mol. The van der Waals surface area contributed by atoms with E-state index in [2.05, 4.69) is 17.7 Å². The summed E-state index contributed by atoms with van der Waals surface area (Å²) in [6, 6.07) is 17.5. The topological polar surface area (TPSA) is 32.3 Å². The van der Waals surface area contributed by atoms with Crippen LogP contribution in [0, 0.1) is 0 Å². The Balaban J connectivity index is 2.21. The molecule has 19 heavy (non-hydrogen) atoms. The van der Waals surface area contributed by atoms with Crippen LogP contribution in [0.5, 0.6) is 0 Å². The zero-order valence-corrected chi connectivity index (χ0v) is 11.6. The van der Waals surface area contributed by atoms with Gasteiger partial charge in [-0.05, 0) is 30.0 Å². The molecule has 0 spiro atoms. The molecule has 0 saturated heterocycles. The Morgan fingerprint density at radius 3 is 2.47 bits per heavy atom. The van der Waals surface area contributed by atoms with Crippen LogP contribution in [0.3, 0.4) is 0 Å². The maximum atomic E-state index is 11.2. The van der Waals surface area contributed by atoms with Crippen LogP contribution in [-0.4, -0.2) is 12.7 Å². The third kappa shape index (κ3) is 3.51. The van der Waals surface area contributed by atoms with E-state index in [-0.39, 0.29) is 0 Å². The average Bonchev–Trinajstić information content (AvgIpc) is 2.47. The fourth-order valence-corrected chi connectivity index (χ4v) is 2.34. The summed E-state index contributed by atoms with van der Waals surface area (Å²) in [7, 11) is 0. The van der Waals surface area contributed by atoms with Crippen LogP contribution < -0.4 is 10.4 Å². The van der Waals surface area contributed by atoms with Gasteiger partial charge in [0.05, 0.1) is 11.4 Å². The van der Waals surface area contributed by atoms with Crippen molar-refractivity contribution in [3.63, 3.8) is 0 Å². The number of para-hydroxylation sites is 2. The lowest BCUT2D eigenvalue weighted by molar-refractivity contribution is -0.107. The van der Waals surface area contributed by atoms with Crippen LogP contribution >= 0.6 is 11.8 Å². The van der Waals surface area contributed by atoms with Crippen LogP contribution in [0.2, 0.25) is 0 Å². The maximum absolute atomic E-state index is 11.2. The van der Waals surface area contributed by atoms with Crippen LogP contribution in [-0.2, 0) is 10.5 Å². The van der Waals surface area contributed by atoms with E-state index in [9.17, 15) is 4.79 Å². The quantitative estimate of drug-likeness (QED) is 0.645. The summed E-state index contributed by atoms with van der Waals surface area (Å²) in [5, 5.41) is 1.49. The summed E-state index contributed by atoms with van der Waals surface area (Å²) in [4.78, 5) is 11.2. The lowest BCUT2D eigenvalue weighted by Crippen LogP contribution is -2.28. The smallest absolute Gasteiger partial charge is 0.232 e. The lowest BCUT2D eigenvalue weighted by Gasteiger charge is -2.21. The zero-order valence-electron chi connectivity index (χ0n) is 10.7. The molecule has 2 aromatic carbocycles. The van der Waals surface area contributed by atoms with Crippen LogP contribution in [0.4, 0.5) is 11.4 Å². The first-order chi connectivity index (χ1) is 9.35. The van der Waals surface area contributed by atoms with Gasteiger partial charge in [-0.25, -0.2) is 5.01 Å². The number of rotatable bonds is 6. The van der Waals surface area contributed by atoms with Gasteiger partial charge < -0.3 is 0 Å². The number of nitrogens with zero attached hydrogens (tertiary/aromatic N) is 1. The first kappa shape index (κ1) is 13.5. The zero-order chi connectivity index (χ0) is 13.5. The first-order valence-corrected chi connectivity index (χ1v) is 7.37. The van der Waals surface area contributed by atoms with E-state index < -0.39 is 0 Å². The predicted octanol–water partition coefficient (Wildman–Crippen LogP) is 3.54. The molecule has 0 fully saturated rings. The first-order valence-electron chi connectivity index (χ1n) is 5.98. The van der Waals surface area contributed by atoms with Crippen molar-refractivity contribution in [1.82, 2.24) is 0 Å². The molecule has 0 atom stereocenters. The largest absolute Gasteiger partial charge is 0.291 e. The Morgan fingerprint density at radius 2 is 1.79 bits per heavy atom. The molecule has 0 aliphatic heterocycles. The Morgan fingerprint density at radius 1 is 1.11 bits per heavy atom. The number of benzene rings is 2. The maximum Gasteiger partial charge on any atom is 0.232 e. The second kappa shape index (κ2) is 6.85. The summed E-state index contributed by atoms with van der Waals surface area (Å²) < 4.78 is 0. The van der Waals surface area contributed by atoms with Crippen molar-refractivity contribution in [3.8, 4) is 0 Å². The number of nitrogens with one attached hydrogen (secondary N) is 1. The van der Waals surface area contributed by atoms with Gasteiger partial charge in [0.15, 0.2) is 0 Å². The number of thioether (sulfide) groups is 1. The molecule has 0 aromatic heterocycles. The normalized spacial score (nSPS) is 9.95. The summed E-state index contributed by atoms with van der Waals surface area (Å²) in [5.74, 6) is 0.907. The van der Waals surface area contributed by atoms with Crippen molar-refractivity contribution in [2.75, 3.05) is 16.7 Å². The number of carbonyl (C=O) groups excluding carboxylic acids is 1. The summed E-state index contributed by atoms with van der Waals surface area (Å²) in [6.07, 6.45) is 2.84. The third-order valence-electron chi connectivity index (χ3n) is 2.70. The number of amides is 1. The molecular formula is C15H16N2OS. The number of hydrazine groups is 1. The minimum Gasteiger partial charge on any atom is -0.291 e.